The molecule has 136 valence electrons. The molecule has 2 aromatic carbocycles. The fraction of sp³-hybridized carbons (Fsp3) is 0.300. The second kappa shape index (κ2) is 8.38. The lowest BCUT2D eigenvalue weighted by Gasteiger charge is -2.17. The van der Waals surface area contributed by atoms with Gasteiger partial charge in [0.1, 0.15) is 12.4 Å². The normalized spacial score (nSPS) is 13.6. The highest BCUT2D eigenvalue weighted by molar-refractivity contribution is 5.96. The lowest BCUT2D eigenvalue weighted by molar-refractivity contribution is -0.117. The Morgan fingerprint density at radius 2 is 2.04 bits per heavy atom. The zero-order valence-corrected chi connectivity index (χ0v) is 14.8. The molecule has 0 aliphatic carbocycles. The van der Waals surface area contributed by atoms with Gasteiger partial charge in [-0.3, -0.25) is 4.79 Å². The Morgan fingerprint density at radius 1 is 1.19 bits per heavy atom. The van der Waals surface area contributed by atoms with Crippen molar-refractivity contribution < 1.29 is 14.3 Å². The van der Waals surface area contributed by atoms with Gasteiger partial charge in [-0.15, -0.1) is 0 Å². The van der Waals surface area contributed by atoms with Crippen LogP contribution in [-0.4, -0.2) is 31.6 Å². The minimum Gasteiger partial charge on any atom is -0.492 e. The van der Waals surface area contributed by atoms with E-state index in [2.05, 4.69) is 10.6 Å². The second-order valence-electron chi connectivity index (χ2n) is 6.25. The van der Waals surface area contributed by atoms with Crippen molar-refractivity contribution in [3.63, 3.8) is 0 Å². The number of anilines is 2. The van der Waals surface area contributed by atoms with Gasteiger partial charge in [0.15, 0.2) is 0 Å². The second-order valence-corrected chi connectivity index (χ2v) is 6.25. The zero-order valence-electron chi connectivity index (χ0n) is 14.8. The number of carbonyl (C=O) groups excluding carboxylic acids is 2. The fourth-order valence-electron chi connectivity index (χ4n) is 2.89. The molecule has 1 fully saturated rings. The van der Waals surface area contributed by atoms with Crippen LogP contribution < -0.4 is 20.3 Å². The van der Waals surface area contributed by atoms with Crippen LogP contribution in [0.4, 0.5) is 16.2 Å². The lowest BCUT2D eigenvalue weighted by atomic mass is 10.2. The van der Waals surface area contributed by atoms with E-state index in [0.717, 1.165) is 30.0 Å². The van der Waals surface area contributed by atoms with Gasteiger partial charge >= 0.3 is 6.03 Å². The molecule has 0 bridgehead atoms. The molecule has 0 radical (unpaired) electrons. The summed E-state index contributed by atoms with van der Waals surface area (Å²) in [7, 11) is 0. The summed E-state index contributed by atoms with van der Waals surface area (Å²) in [5, 5.41) is 5.54. The molecule has 0 aromatic heterocycles. The van der Waals surface area contributed by atoms with E-state index in [0.29, 0.717) is 25.3 Å². The van der Waals surface area contributed by atoms with Crippen molar-refractivity contribution >= 4 is 23.3 Å². The number of ether oxygens (including phenoxy) is 1. The number of benzene rings is 2. The average Bonchev–Trinajstić information content (AvgIpc) is 3.05. The first kappa shape index (κ1) is 17.8. The smallest absolute Gasteiger partial charge is 0.319 e. The molecule has 0 saturated carbocycles. The van der Waals surface area contributed by atoms with Crippen LogP contribution in [0.3, 0.4) is 0 Å². The van der Waals surface area contributed by atoms with Crippen LogP contribution >= 0.6 is 0 Å². The van der Waals surface area contributed by atoms with E-state index < -0.39 is 0 Å². The van der Waals surface area contributed by atoms with E-state index in [1.54, 1.807) is 11.0 Å². The molecule has 1 heterocycles. The number of nitrogens with zero attached hydrogens (tertiary/aromatic N) is 1. The molecule has 1 aliphatic heterocycles. The number of aryl methyl sites for hydroxylation is 1. The summed E-state index contributed by atoms with van der Waals surface area (Å²) < 4.78 is 5.60. The van der Waals surface area contributed by atoms with Gasteiger partial charge in [-0.1, -0.05) is 18.2 Å². The number of hydrogen-bond acceptors (Lipinski definition) is 3. The molecular formula is C20H23N3O3. The summed E-state index contributed by atoms with van der Waals surface area (Å²) in [6, 6.07) is 14.8. The van der Waals surface area contributed by atoms with Gasteiger partial charge in [0, 0.05) is 24.3 Å². The van der Waals surface area contributed by atoms with Crippen molar-refractivity contribution in [1.82, 2.24) is 5.32 Å². The molecule has 26 heavy (non-hydrogen) atoms. The topological polar surface area (TPSA) is 70.7 Å². The monoisotopic (exact) mass is 353 g/mol. The van der Waals surface area contributed by atoms with E-state index >= 15 is 0 Å². The predicted molar refractivity (Wildman–Crippen MR) is 102 cm³/mol. The summed E-state index contributed by atoms with van der Waals surface area (Å²) >= 11 is 0. The minimum atomic E-state index is -0.303. The van der Waals surface area contributed by atoms with Crippen LogP contribution in [0, 0.1) is 6.92 Å². The molecule has 0 unspecified atom stereocenters. The highest BCUT2D eigenvalue weighted by Crippen LogP contribution is 2.24. The number of amides is 3. The van der Waals surface area contributed by atoms with Crippen LogP contribution in [0.2, 0.25) is 0 Å². The highest BCUT2D eigenvalue weighted by atomic mass is 16.5. The van der Waals surface area contributed by atoms with Crippen LogP contribution in [0.5, 0.6) is 5.75 Å². The van der Waals surface area contributed by atoms with Crippen molar-refractivity contribution in [1.29, 1.82) is 0 Å². The maximum atomic E-state index is 12.0. The number of rotatable bonds is 6. The van der Waals surface area contributed by atoms with Gasteiger partial charge in [0.05, 0.1) is 6.54 Å². The minimum absolute atomic E-state index is 0.125. The van der Waals surface area contributed by atoms with Gasteiger partial charge in [-0.25, -0.2) is 4.79 Å². The third-order valence-corrected chi connectivity index (χ3v) is 4.13. The number of nitrogens with one attached hydrogen (secondary N) is 2. The predicted octanol–water partition coefficient (Wildman–Crippen LogP) is 3.32. The van der Waals surface area contributed by atoms with E-state index in [9.17, 15) is 9.59 Å². The summed E-state index contributed by atoms with van der Waals surface area (Å²) in [6.07, 6.45) is 1.46. The van der Waals surface area contributed by atoms with E-state index in [1.807, 2.05) is 49.4 Å². The van der Waals surface area contributed by atoms with Crippen molar-refractivity contribution in [2.75, 3.05) is 29.9 Å². The van der Waals surface area contributed by atoms with Crippen LogP contribution in [-0.2, 0) is 4.79 Å². The van der Waals surface area contributed by atoms with Crippen molar-refractivity contribution in [3.05, 3.63) is 54.1 Å². The molecule has 0 atom stereocenters. The molecule has 6 heteroatoms. The number of urea groups is 1. The molecule has 3 amide bonds. The molecular weight excluding hydrogens is 330 g/mol. The van der Waals surface area contributed by atoms with Crippen molar-refractivity contribution in [2.24, 2.45) is 0 Å². The van der Waals surface area contributed by atoms with Crippen molar-refractivity contribution in [2.45, 2.75) is 19.8 Å². The standard InChI is InChI=1S/C20H23N3O3/c1-15-5-2-8-18(13-15)26-12-10-21-20(25)22-16-6-3-7-17(14-16)23-11-4-9-19(23)24/h2-3,5-8,13-14H,4,9-12H2,1H3,(H2,21,22,25). The third kappa shape index (κ3) is 4.75. The summed E-state index contributed by atoms with van der Waals surface area (Å²) in [5.74, 6) is 0.912. The van der Waals surface area contributed by atoms with Gasteiger partial charge < -0.3 is 20.3 Å². The summed E-state index contributed by atoms with van der Waals surface area (Å²) in [5.41, 5.74) is 2.59. The Kier molecular flexibility index (Phi) is 5.73. The van der Waals surface area contributed by atoms with E-state index in [4.69, 9.17) is 4.74 Å². The Labute approximate surface area is 153 Å². The van der Waals surface area contributed by atoms with Gasteiger partial charge in [0.25, 0.3) is 0 Å². The number of carbonyl (C=O) groups is 2. The highest BCUT2D eigenvalue weighted by Gasteiger charge is 2.21. The quantitative estimate of drug-likeness (QED) is 0.783. The molecule has 2 aromatic rings. The van der Waals surface area contributed by atoms with Crippen molar-refractivity contribution in [3.8, 4) is 5.75 Å². The van der Waals surface area contributed by atoms with Crippen LogP contribution in [0.25, 0.3) is 0 Å². The molecule has 6 nitrogen and oxygen atoms in total. The number of hydrogen-bond donors (Lipinski definition) is 2. The Balaban J connectivity index is 1.45. The third-order valence-electron chi connectivity index (χ3n) is 4.13. The fourth-order valence-corrected chi connectivity index (χ4v) is 2.89. The molecule has 0 spiro atoms. The summed E-state index contributed by atoms with van der Waals surface area (Å²) in [6.45, 7) is 3.51. The Bertz CT molecular complexity index is 791. The first-order valence-corrected chi connectivity index (χ1v) is 8.76. The van der Waals surface area contributed by atoms with Gasteiger partial charge in [-0.05, 0) is 49.2 Å². The molecule has 1 aliphatic rings. The Hall–Kier alpha value is -3.02. The van der Waals surface area contributed by atoms with Gasteiger partial charge in [0.2, 0.25) is 5.91 Å². The van der Waals surface area contributed by atoms with Crippen LogP contribution in [0.1, 0.15) is 18.4 Å². The van der Waals surface area contributed by atoms with E-state index in [1.165, 1.54) is 0 Å². The maximum absolute atomic E-state index is 12.0. The molecule has 3 rings (SSSR count). The average molecular weight is 353 g/mol. The SMILES string of the molecule is Cc1cccc(OCCNC(=O)Nc2cccc(N3CCCC3=O)c2)c1. The maximum Gasteiger partial charge on any atom is 0.319 e. The van der Waals surface area contributed by atoms with E-state index in [-0.39, 0.29) is 11.9 Å². The lowest BCUT2D eigenvalue weighted by Crippen LogP contribution is -2.32. The largest absolute Gasteiger partial charge is 0.492 e. The molecule has 1 saturated heterocycles. The molecule has 2 N–H and O–H groups in total. The first-order valence-electron chi connectivity index (χ1n) is 8.76. The first-order chi connectivity index (χ1) is 12.6. The Morgan fingerprint density at radius 3 is 2.81 bits per heavy atom. The zero-order chi connectivity index (χ0) is 18.4. The van der Waals surface area contributed by atoms with Crippen LogP contribution in [0.15, 0.2) is 48.5 Å². The van der Waals surface area contributed by atoms with Gasteiger partial charge in [-0.2, -0.15) is 0 Å². The summed E-state index contributed by atoms with van der Waals surface area (Å²) in [4.78, 5) is 25.6.